The van der Waals surface area contributed by atoms with Crippen molar-refractivity contribution in [2.45, 2.75) is 20.4 Å². The molecule has 4 rings (SSSR count). The smallest absolute Gasteiger partial charge is 0.326 e. The van der Waals surface area contributed by atoms with Gasteiger partial charge in [0.15, 0.2) is 6.61 Å². The summed E-state index contributed by atoms with van der Waals surface area (Å²) in [6, 6.07) is 9.53. The predicted molar refractivity (Wildman–Crippen MR) is 123 cm³/mol. The zero-order valence-electron chi connectivity index (χ0n) is 16.9. The molecule has 0 saturated carbocycles. The molecule has 31 heavy (non-hydrogen) atoms. The van der Waals surface area contributed by atoms with Gasteiger partial charge in [-0.3, -0.25) is 19.0 Å². The van der Waals surface area contributed by atoms with Crippen LogP contribution in [0.25, 0.3) is 20.7 Å². The van der Waals surface area contributed by atoms with Crippen molar-refractivity contribution in [2.24, 2.45) is 0 Å². The minimum absolute atomic E-state index is 0.313. The molecule has 0 aliphatic carbocycles. The van der Waals surface area contributed by atoms with Gasteiger partial charge in [-0.2, -0.15) is 0 Å². The number of fused-ring (bicyclic) bond motifs is 1. The van der Waals surface area contributed by atoms with Crippen LogP contribution in [0.15, 0.2) is 52.2 Å². The molecule has 9 heteroatoms. The highest BCUT2D eigenvalue weighted by Crippen LogP contribution is 2.33. The van der Waals surface area contributed by atoms with Gasteiger partial charge in [0.2, 0.25) is 0 Å². The molecular formula is C22H19N3O4S2. The number of aryl methyl sites for hydroxylation is 2. The summed E-state index contributed by atoms with van der Waals surface area (Å²) in [5, 5.41) is 7.07. The largest absolute Gasteiger partial charge is 0.454 e. The molecule has 3 aromatic heterocycles. The number of hydrogen-bond donors (Lipinski definition) is 1. The highest BCUT2D eigenvalue weighted by Gasteiger charge is 2.16. The molecule has 4 aromatic rings. The van der Waals surface area contributed by atoms with E-state index in [2.05, 4.69) is 10.3 Å². The fourth-order valence-electron chi connectivity index (χ4n) is 3.21. The standard InChI is InChI=1S/C22H19N3O4S2/c1-13-5-3-6-14(2)20(13)24-17(26)10-29-18(27)9-25-12-23-21-19(22(25)28)15(11-31-21)16-7-4-8-30-16/h3-8,11-12H,9-10H2,1-2H3,(H,24,26). The molecule has 1 amide bonds. The lowest BCUT2D eigenvalue weighted by atomic mass is 10.1. The Morgan fingerprint density at radius 1 is 1.13 bits per heavy atom. The second kappa shape index (κ2) is 8.83. The van der Waals surface area contributed by atoms with Crippen molar-refractivity contribution in [2.75, 3.05) is 11.9 Å². The Labute approximate surface area is 185 Å². The number of hydrogen-bond acceptors (Lipinski definition) is 7. The highest BCUT2D eigenvalue weighted by atomic mass is 32.1. The van der Waals surface area contributed by atoms with Gasteiger partial charge in [0.1, 0.15) is 11.4 Å². The van der Waals surface area contributed by atoms with E-state index in [1.54, 1.807) is 0 Å². The van der Waals surface area contributed by atoms with Gasteiger partial charge in [-0.1, -0.05) is 24.3 Å². The second-order valence-corrected chi connectivity index (χ2v) is 8.77. The molecule has 0 atom stereocenters. The molecule has 3 heterocycles. The summed E-state index contributed by atoms with van der Waals surface area (Å²) in [5.41, 5.74) is 3.04. The van der Waals surface area contributed by atoms with Crippen LogP contribution in [0, 0.1) is 13.8 Å². The molecule has 0 bridgehead atoms. The third-order valence-corrected chi connectivity index (χ3v) is 6.55. The van der Waals surface area contributed by atoms with Crippen LogP contribution in [-0.4, -0.2) is 28.0 Å². The van der Waals surface area contributed by atoms with E-state index in [0.29, 0.717) is 15.9 Å². The minimum Gasteiger partial charge on any atom is -0.454 e. The number of ether oxygens (including phenoxy) is 1. The molecule has 0 unspecified atom stereocenters. The number of thiophene rings is 2. The topological polar surface area (TPSA) is 90.3 Å². The molecule has 0 fully saturated rings. The lowest BCUT2D eigenvalue weighted by molar-refractivity contribution is -0.147. The van der Waals surface area contributed by atoms with E-state index in [1.165, 1.54) is 33.6 Å². The Morgan fingerprint density at radius 2 is 1.90 bits per heavy atom. The third-order valence-electron chi connectivity index (χ3n) is 4.76. The van der Waals surface area contributed by atoms with E-state index in [1.807, 2.05) is 54.9 Å². The highest BCUT2D eigenvalue weighted by molar-refractivity contribution is 7.18. The molecule has 0 aliphatic rings. The number of benzene rings is 1. The number of carbonyl (C=O) groups is 2. The summed E-state index contributed by atoms with van der Waals surface area (Å²) in [5.74, 6) is -1.13. The van der Waals surface area contributed by atoms with Crippen LogP contribution in [0.1, 0.15) is 11.1 Å². The number of para-hydroxylation sites is 1. The van der Waals surface area contributed by atoms with E-state index >= 15 is 0 Å². The summed E-state index contributed by atoms with van der Waals surface area (Å²) in [4.78, 5) is 43.3. The van der Waals surface area contributed by atoms with E-state index in [4.69, 9.17) is 4.74 Å². The summed E-state index contributed by atoms with van der Waals surface area (Å²) in [6.07, 6.45) is 1.33. The minimum atomic E-state index is -0.687. The first kappa shape index (κ1) is 21.0. The van der Waals surface area contributed by atoms with E-state index < -0.39 is 18.5 Å². The Kier molecular flexibility index (Phi) is 5.97. The number of aromatic nitrogens is 2. The zero-order valence-corrected chi connectivity index (χ0v) is 18.5. The number of amides is 1. The summed E-state index contributed by atoms with van der Waals surface area (Å²) < 4.78 is 6.28. The zero-order chi connectivity index (χ0) is 22.0. The van der Waals surface area contributed by atoms with Gasteiger partial charge in [0, 0.05) is 21.5 Å². The van der Waals surface area contributed by atoms with Crippen molar-refractivity contribution >= 4 is 50.5 Å². The Morgan fingerprint density at radius 3 is 2.61 bits per heavy atom. The molecule has 0 saturated heterocycles. The SMILES string of the molecule is Cc1cccc(C)c1NC(=O)COC(=O)Cn1cnc2scc(-c3cccs3)c2c1=O. The van der Waals surface area contributed by atoms with Crippen molar-refractivity contribution in [3.05, 3.63) is 68.9 Å². The van der Waals surface area contributed by atoms with Crippen LogP contribution in [0.2, 0.25) is 0 Å². The van der Waals surface area contributed by atoms with Gasteiger partial charge in [-0.25, -0.2) is 4.98 Å². The first-order valence-electron chi connectivity index (χ1n) is 9.46. The number of nitrogens with zero attached hydrogens (tertiary/aromatic N) is 2. The number of nitrogens with one attached hydrogen (secondary N) is 1. The fourth-order valence-corrected chi connectivity index (χ4v) is 4.93. The molecule has 7 nitrogen and oxygen atoms in total. The Hall–Kier alpha value is -3.30. The first-order valence-corrected chi connectivity index (χ1v) is 11.2. The van der Waals surface area contributed by atoms with Crippen LogP contribution in [0.5, 0.6) is 0 Å². The van der Waals surface area contributed by atoms with Crippen LogP contribution in [-0.2, 0) is 20.9 Å². The van der Waals surface area contributed by atoms with Crippen molar-refractivity contribution in [1.82, 2.24) is 9.55 Å². The van der Waals surface area contributed by atoms with Crippen molar-refractivity contribution in [3.63, 3.8) is 0 Å². The van der Waals surface area contributed by atoms with Gasteiger partial charge in [0.05, 0.1) is 11.7 Å². The quantitative estimate of drug-likeness (QED) is 0.446. The molecular weight excluding hydrogens is 434 g/mol. The maximum absolute atomic E-state index is 12.9. The van der Waals surface area contributed by atoms with Gasteiger partial charge in [-0.15, -0.1) is 22.7 Å². The maximum atomic E-state index is 12.9. The van der Waals surface area contributed by atoms with Crippen LogP contribution >= 0.6 is 22.7 Å². The average Bonchev–Trinajstić information content (AvgIpc) is 3.41. The van der Waals surface area contributed by atoms with Crippen molar-refractivity contribution in [3.8, 4) is 10.4 Å². The maximum Gasteiger partial charge on any atom is 0.326 e. The Bertz CT molecular complexity index is 1300. The third kappa shape index (κ3) is 4.42. The van der Waals surface area contributed by atoms with Gasteiger partial charge >= 0.3 is 5.97 Å². The molecule has 1 aromatic carbocycles. The van der Waals surface area contributed by atoms with Crippen LogP contribution < -0.4 is 10.9 Å². The van der Waals surface area contributed by atoms with Gasteiger partial charge in [0.25, 0.3) is 11.5 Å². The number of anilines is 1. The van der Waals surface area contributed by atoms with Gasteiger partial charge < -0.3 is 10.1 Å². The van der Waals surface area contributed by atoms with Gasteiger partial charge in [-0.05, 0) is 36.4 Å². The van der Waals surface area contributed by atoms with Crippen LogP contribution in [0.3, 0.4) is 0 Å². The molecule has 1 N–H and O–H groups in total. The fraction of sp³-hybridized carbons (Fsp3) is 0.182. The van der Waals surface area contributed by atoms with Crippen LogP contribution in [0.4, 0.5) is 5.69 Å². The first-order chi connectivity index (χ1) is 14.9. The molecule has 0 spiro atoms. The lowest BCUT2D eigenvalue weighted by Gasteiger charge is -2.12. The van der Waals surface area contributed by atoms with E-state index in [0.717, 1.165) is 21.6 Å². The molecule has 158 valence electrons. The molecule has 0 radical (unpaired) electrons. The Balaban J connectivity index is 1.44. The predicted octanol–water partition coefficient (Wildman–Crippen LogP) is 3.99. The summed E-state index contributed by atoms with van der Waals surface area (Å²) in [6.45, 7) is 3.02. The molecule has 0 aliphatic heterocycles. The lowest BCUT2D eigenvalue weighted by Crippen LogP contribution is -2.28. The normalized spacial score (nSPS) is 10.9. The number of carbonyl (C=O) groups excluding carboxylic acids is 2. The summed E-state index contributed by atoms with van der Waals surface area (Å²) >= 11 is 2.92. The average molecular weight is 454 g/mol. The van der Waals surface area contributed by atoms with E-state index in [9.17, 15) is 14.4 Å². The summed E-state index contributed by atoms with van der Waals surface area (Å²) in [7, 11) is 0. The second-order valence-electron chi connectivity index (χ2n) is 6.96. The number of esters is 1. The number of rotatable bonds is 6. The van der Waals surface area contributed by atoms with E-state index in [-0.39, 0.29) is 12.1 Å². The van der Waals surface area contributed by atoms with Crippen molar-refractivity contribution < 1.29 is 14.3 Å². The van der Waals surface area contributed by atoms with Crippen molar-refractivity contribution in [1.29, 1.82) is 0 Å². The monoisotopic (exact) mass is 453 g/mol.